The Morgan fingerprint density at radius 1 is 1.21 bits per heavy atom. The molecule has 6 heteroatoms. The van der Waals surface area contributed by atoms with Crippen molar-refractivity contribution in [2.45, 2.75) is 31.3 Å². The SMILES string of the molecule is OCCCOc1ncc(C#C[C@@]2(O)CN3CCC2CC3)c(Cc2ccccc2)n1. The molecule has 2 aromatic rings. The van der Waals surface area contributed by atoms with Crippen LogP contribution in [0.4, 0.5) is 0 Å². The van der Waals surface area contributed by atoms with Gasteiger partial charge in [0, 0.05) is 31.9 Å². The van der Waals surface area contributed by atoms with Gasteiger partial charge >= 0.3 is 6.01 Å². The average Bonchev–Trinajstić information content (AvgIpc) is 2.75. The van der Waals surface area contributed by atoms with Gasteiger partial charge in [-0.15, -0.1) is 0 Å². The first-order chi connectivity index (χ1) is 14.2. The largest absolute Gasteiger partial charge is 0.463 e. The molecule has 1 atom stereocenters. The van der Waals surface area contributed by atoms with E-state index in [1.807, 2.05) is 30.3 Å². The van der Waals surface area contributed by atoms with Crippen LogP contribution in [0, 0.1) is 17.8 Å². The number of aliphatic hydroxyl groups is 2. The molecule has 29 heavy (non-hydrogen) atoms. The molecule has 0 unspecified atom stereocenters. The summed E-state index contributed by atoms with van der Waals surface area (Å²) in [4.78, 5) is 11.1. The number of rotatable bonds is 6. The number of fused-ring (bicyclic) bond motifs is 3. The third-order valence-electron chi connectivity index (χ3n) is 5.73. The summed E-state index contributed by atoms with van der Waals surface area (Å²) in [5, 5.41) is 20.0. The van der Waals surface area contributed by atoms with Crippen LogP contribution in [0.3, 0.4) is 0 Å². The summed E-state index contributed by atoms with van der Waals surface area (Å²) in [5.41, 5.74) is 1.66. The van der Waals surface area contributed by atoms with Crippen molar-refractivity contribution in [3.05, 3.63) is 53.3 Å². The standard InChI is InChI=1S/C23H27N3O3/c27-13-4-14-29-22-24-16-19(21(25-22)15-18-5-2-1-3-6-18)7-10-23(28)17-26-11-8-20(23)9-12-26/h1-3,5-6,16,20,27-28H,4,8-9,11-15,17H2/t23-/m1/s1. The third kappa shape index (κ3) is 4.76. The maximum absolute atomic E-state index is 11.1. The molecular formula is C23H27N3O3. The molecule has 2 bridgehead atoms. The predicted molar refractivity (Wildman–Crippen MR) is 109 cm³/mol. The molecule has 152 valence electrons. The van der Waals surface area contributed by atoms with Crippen LogP contribution in [0.5, 0.6) is 6.01 Å². The Balaban J connectivity index is 1.60. The van der Waals surface area contributed by atoms with Crippen LogP contribution in [0.2, 0.25) is 0 Å². The van der Waals surface area contributed by atoms with Gasteiger partial charge in [-0.05, 0) is 31.5 Å². The maximum Gasteiger partial charge on any atom is 0.316 e. The molecule has 0 amide bonds. The Morgan fingerprint density at radius 2 is 2.00 bits per heavy atom. The van der Waals surface area contributed by atoms with Crippen LogP contribution in [-0.2, 0) is 6.42 Å². The lowest BCUT2D eigenvalue weighted by molar-refractivity contribution is -0.0713. The Labute approximate surface area is 171 Å². The molecule has 3 saturated heterocycles. The Hall–Kier alpha value is -2.46. The third-order valence-corrected chi connectivity index (χ3v) is 5.73. The monoisotopic (exact) mass is 393 g/mol. The number of ether oxygens (including phenoxy) is 1. The molecule has 0 saturated carbocycles. The Bertz CT molecular complexity index is 885. The van der Waals surface area contributed by atoms with Gasteiger partial charge in [-0.25, -0.2) is 4.98 Å². The number of aliphatic hydroxyl groups excluding tert-OH is 1. The van der Waals surface area contributed by atoms with Crippen molar-refractivity contribution in [2.75, 3.05) is 32.8 Å². The lowest BCUT2D eigenvalue weighted by Crippen LogP contribution is -2.58. The molecular weight excluding hydrogens is 366 g/mol. The summed E-state index contributed by atoms with van der Waals surface area (Å²) < 4.78 is 5.55. The Kier molecular flexibility index (Phi) is 6.10. The van der Waals surface area contributed by atoms with E-state index < -0.39 is 5.60 Å². The van der Waals surface area contributed by atoms with Crippen LogP contribution in [0.25, 0.3) is 0 Å². The van der Waals surface area contributed by atoms with Crippen molar-refractivity contribution >= 4 is 0 Å². The number of hydrogen-bond donors (Lipinski definition) is 2. The molecule has 3 aliphatic heterocycles. The minimum Gasteiger partial charge on any atom is -0.463 e. The van der Waals surface area contributed by atoms with Gasteiger partial charge in [0.05, 0.1) is 24.1 Å². The number of hydrogen-bond acceptors (Lipinski definition) is 6. The van der Waals surface area contributed by atoms with E-state index in [0.29, 0.717) is 31.6 Å². The zero-order chi connectivity index (χ0) is 20.1. The normalized spacial score (nSPS) is 25.3. The fourth-order valence-electron chi connectivity index (χ4n) is 4.08. The van der Waals surface area contributed by atoms with E-state index in [4.69, 9.17) is 9.84 Å². The van der Waals surface area contributed by atoms with Crippen LogP contribution in [-0.4, -0.2) is 63.5 Å². The quantitative estimate of drug-likeness (QED) is 0.574. The molecule has 3 fully saturated rings. The zero-order valence-electron chi connectivity index (χ0n) is 16.5. The minimum atomic E-state index is -0.961. The number of benzene rings is 1. The van der Waals surface area contributed by atoms with E-state index in [0.717, 1.165) is 37.2 Å². The summed E-state index contributed by atoms with van der Waals surface area (Å²) in [6.45, 7) is 3.15. The fraction of sp³-hybridized carbons (Fsp3) is 0.478. The first-order valence-corrected chi connectivity index (χ1v) is 10.3. The highest BCUT2D eigenvalue weighted by Crippen LogP contribution is 2.35. The highest BCUT2D eigenvalue weighted by atomic mass is 16.5. The van der Waals surface area contributed by atoms with Crippen molar-refractivity contribution in [3.8, 4) is 17.9 Å². The van der Waals surface area contributed by atoms with Crippen LogP contribution < -0.4 is 4.74 Å². The van der Waals surface area contributed by atoms with E-state index in [1.54, 1.807) is 6.20 Å². The summed E-state index contributed by atoms with van der Waals surface area (Å²) in [6, 6.07) is 10.4. The van der Waals surface area contributed by atoms with E-state index in [9.17, 15) is 5.11 Å². The van der Waals surface area contributed by atoms with E-state index in [2.05, 4.69) is 26.7 Å². The minimum absolute atomic E-state index is 0.0667. The fourth-order valence-corrected chi connectivity index (χ4v) is 4.08. The second kappa shape index (κ2) is 8.91. The maximum atomic E-state index is 11.1. The van der Waals surface area contributed by atoms with Crippen molar-refractivity contribution < 1.29 is 14.9 Å². The number of nitrogens with zero attached hydrogens (tertiary/aromatic N) is 3. The summed E-state index contributed by atoms with van der Waals surface area (Å²) >= 11 is 0. The van der Waals surface area contributed by atoms with Gasteiger partial charge in [-0.2, -0.15) is 4.98 Å². The van der Waals surface area contributed by atoms with Crippen LogP contribution >= 0.6 is 0 Å². The van der Waals surface area contributed by atoms with E-state index >= 15 is 0 Å². The second-order valence-electron chi connectivity index (χ2n) is 7.83. The van der Waals surface area contributed by atoms with Crippen molar-refractivity contribution in [2.24, 2.45) is 5.92 Å². The average molecular weight is 393 g/mol. The molecule has 0 spiro atoms. The zero-order valence-corrected chi connectivity index (χ0v) is 16.5. The predicted octanol–water partition coefficient (Wildman–Crippen LogP) is 1.64. The highest BCUT2D eigenvalue weighted by molar-refractivity contribution is 5.41. The van der Waals surface area contributed by atoms with Crippen molar-refractivity contribution in [3.63, 3.8) is 0 Å². The topological polar surface area (TPSA) is 78.7 Å². The molecule has 0 aliphatic carbocycles. The number of piperidine rings is 3. The lowest BCUT2D eigenvalue weighted by Gasteiger charge is -2.47. The van der Waals surface area contributed by atoms with Gasteiger partial charge in [-0.3, -0.25) is 4.90 Å². The number of aromatic nitrogens is 2. The van der Waals surface area contributed by atoms with E-state index in [1.165, 1.54) is 0 Å². The van der Waals surface area contributed by atoms with Gasteiger partial charge in [0.25, 0.3) is 0 Å². The van der Waals surface area contributed by atoms with Gasteiger partial charge in [-0.1, -0.05) is 42.2 Å². The lowest BCUT2D eigenvalue weighted by atomic mass is 9.76. The highest BCUT2D eigenvalue weighted by Gasteiger charge is 2.44. The molecule has 1 aromatic heterocycles. The first kappa shape index (κ1) is 19.8. The molecule has 4 heterocycles. The molecule has 1 aromatic carbocycles. The first-order valence-electron chi connectivity index (χ1n) is 10.3. The Morgan fingerprint density at radius 3 is 2.69 bits per heavy atom. The second-order valence-corrected chi connectivity index (χ2v) is 7.83. The van der Waals surface area contributed by atoms with Crippen LogP contribution in [0.15, 0.2) is 36.5 Å². The molecule has 5 rings (SSSR count). The van der Waals surface area contributed by atoms with Gasteiger partial charge in [0.2, 0.25) is 0 Å². The molecule has 2 N–H and O–H groups in total. The van der Waals surface area contributed by atoms with Crippen LogP contribution in [0.1, 0.15) is 36.1 Å². The van der Waals surface area contributed by atoms with Gasteiger partial charge in [0.1, 0.15) is 5.60 Å². The molecule has 6 nitrogen and oxygen atoms in total. The van der Waals surface area contributed by atoms with Crippen molar-refractivity contribution in [1.82, 2.24) is 14.9 Å². The van der Waals surface area contributed by atoms with Crippen molar-refractivity contribution in [1.29, 1.82) is 0 Å². The smallest absolute Gasteiger partial charge is 0.316 e. The summed E-state index contributed by atoms with van der Waals surface area (Å²) in [6.07, 6.45) is 4.81. The van der Waals surface area contributed by atoms with E-state index in [-0.39, 0.29) is 18.5 Å². The molecule has 3 aliphatic rings. The summed E-state index contributed by atoms with van der Waals surface area (Å²) in [5.74, 6) is 6.57. The molecule has 0 radical (unpaired) electrons. The van der Waals surface area contributed by atoms with Gasteiger partial charge < -0.3 is 14.9 Å². The summed E-state index contributed by atoms with van der Waals surface area (Å²) in [7, 11) is 0. The van der Waals surface area contributed by atoms with Gasteiger partial charge in [0.15, 0.2) is 0 Å².